The molecule has 0 saturated heterocycles. The Kier molecular flexibility index (Phi) is 6.69. The Labute approximate surface area is 318 Å². The Bertz CT molecular complexity index is 2850. The zero-order chi connectivity index (χ0) is 37.7. The van der Waals surface area contributed by atoms with Gasteiger partial charge in [0.05, 0.1) is 33.6 Å². The fraction of sp³-hybridized carbons (Fsp3) is 0. The molecular weight excluding hydrogens is 701 g/mol. The van der Waals surface area contributed by atoms with Crippen LogP contribution in [0.3, 0.4) is 0 Å². The molecule has 0 atom stereocenters. The number of hydrogen-bond acceptors (Lipinski definition) is 8. The molecule has 9 aromatic rings. The van der Waals surface area contributed by atoms with Crippen LogP contribution < -0.4 is 9.80 Å². The Morgan fingerprint density at radius 2 is 0.607 bits per heavy atom. The maximum absolute atomic E-state index is 13.9. The van der Waals surface area contributed by atoms with E-state index in [1.165, 1.54) is 0 Å². The van der Waals surface area contributed by atoms with Crippen LogP contribution in [0.5, 0.6) is 0 Å². The van der Waals surface area contributed by atoms with Crippen LogP contribution in [0.2, 0.25) is 0 Å². The van der Waals surface area contributed by atoms with Crippen molar-refractivity contribution in [3.8, 4) is 0 Å². The lowest BCUT2D eigenvalue weighted by Crippen LogP contribution is -2.22. The molecule has 8 nitrogen and oxygen atoms in total. The minimum atomic E-state index is -0.742. The van der Waals surface area contributed by atoms with E-state index in [-0.39, 0.29) is 22.3 Å². The van der Waals surface area contributed by atoms with Gasteiger partial charge in [0.2, 0.25) is 0 Å². The van der Waals surface area contributed by atoms with Crippen LogP contribution in [-0.2, 0) is 9.47 Å². The van der Waals surface area contributed by atoms with Crippen LogP contribution in [0, 0.1) is 0 Å². The van der Waals surface area contributed by atoms with E-state index in [2.05, 4.69) is 9.80 Å². The van der Waals surface area contributed by atoms with E-state index in [4.69, 9.17) is 9.47 Å². The number of nitrogens with zero attached hydrogens (tertiary/aromatic N) is 2. The summed E-state index contributed by atoms with van der Waals surface area (Å²) < 4.78 is 10.7. The van der Waals surface area contributed by atoms with Gasteiger partial charge in [-0.2, -0.15) is 0 Å². The molecule has 2 aliphatic rings. The average Bonchev–Trinajstić information content (AvgIpc) is 3.23. The number of rotatable bonds is 6. The molecule has 0 N–H and O–H groups in total. The third-order valence-corrected chi connectivity index (χ3v) is 10.9. The lowest BCUT2D eigenvalue weighted by Gasteiger charge is -2.32. The van der Waals surface area contributed by atoms with Crippen molar-refractivity contribution < 1.29 is 28.7 Å². The van der Waals surface area contributed by atoms with Crippen molar-refractivity contribution in [1.29, 1.82) is 0 Å². The number of ether oxygens (including phenoxy) is 2. The Balaban J connectivity index is 1.41. The summed E-state index contributed by atoms with van der Waals surface area (Å²) in [6.07, 6.45) is 0. The van der Waals surface area contributed by atoms with Gasteiger partial charge in [-0.25, -0.2) is 19.2 Å². The molecule has 0 unspecified atom stereocenters. The second-order valence-corrected chi connectivity index (χ2v) is 13.8. The molecule has 0 radical (unpaired) electrons. The largest absolute Gasteiger partial charge is 0.386 e. The van der Waals surface area contributed by atoms with Gasteiger partial charge in [-0.15, -0.1) is 0 Å². The summed E-state index contributed by atoms with van der Waals surface area (Å²) in [4.78, 5) is 59.0. The normalized spacial score (nSPS) is 13.4. The Hall–Kier alpha value is -7.84. The number of esters is 4. The van der Waals surface area contributed by atoms with Crippen molar-refractivity contribution >= 4 is 101 Å². The highest BCUT2D eigenvalue weighted by Gasteiger charge is 2.36. The number of para-hydroxylation sites is 4. The standard InChI is InChI=1S/C48H26N2O6/c51-45-33-24-22-32-42-38(50(29-17-9-3-10-18-29)30-19-11-4-12-20-30)26-36-40-34(46(52)56-48(36)54)23-21-31(44(40)42)41-37(25-35(47(53)55-45)39(33)43(32)41)49(27-13-5-1-6-14-27)28-15-7-2-8-16-28/h1-26H. The smallest absolute Gasteiger partial charge is 0.346 e. The molecule has 9 aromatic carbocycles. The monoisotopic (exact) mass is 726 g/mol. The molecule has 0 amide bonds. The SMILES string of the molecule is O=C1OC(=O)c2cc(N(c3ccccc3)c3ccccc3)c3c4ccc5c6c(cc(N(c7ccccc7)c7ccccc7)c(c7ccc1c2c73)c64)C(=O)OC5=O. The summed E-state index contributed by atoms with van der Waals surface area (Å²) in [5, 5.41) is 5.23. The maximum Gasteiger partial charge on any atom is 0.346 e. The fourth-order valence-corrected chi connectivity index (χ4v) is 8.63. The van der Waals surface area contributed by atoms with Crippen molar-refractivity contribution in [2.75, 3.05) is 9.80 Å². The van der Waals surface area contributed by atoms with E-state index in [1.54, 1.807) is 24.3 Å². The first-order valence-electron chi connectivity index (χ1n) is 18.1. The Morgan fingerprint density at radius 3 is 0.929 bits per heavy atom. The van der Waals surface area contributed by atoms with Gasteiger partial charge in [0.25, 0.3) is 0 Å². The van der Waals surface area contributed by atoms with Crippen LogP contribution in [0.15, 0.2) is 158 Å². The number of benzene rings is 9. The van der Waals surface area contributed by atoms with Crippen molar-refractivity contribution in [3.63, 3.8) is 0 Å². The zero-order valence-electron chi connectivity index (χ0n) is 29.4. The molecule has 56 heavy (non-hydrogen) atoms. The quantitative estimate of drug-likeness (QED) is 0.0723. The van der Waals surface area contributed by atoms with E-state index in [0.29, 0.717) is 32.9 Å². The van der Waals surface area contributed by atoms with Crippen LogP contribution in [0.1, 0.15) is 41.4 Å². The molecule has 2 aliphatic heterocycles. The van der Waals surface area contributed by atoms with Gasteiger partial charge in [0, 0.05) is 55.1 Å². The van der Waals surface area contributed by atoms with Gasteiger partial charge in [-0.1, -0.05) is 84.9 Å². The number of anilines is 6. The third kappa shape index (κ3) is 4.41. The van der Waals surface area contributed by atoms with Gasteiger partial charge < -0.3 is 19.3 Å². The summed E-state index contributed by atoms with van der Waals surface area (Å²) in [6, 6.07) is 50.0. The summed E-state index contributed by atoms with van der Waals surface area (Å²) >= 11 is 0. The molecule has 0 spiro atoms. The lowest BCUT2D eigenvalue weighted by atomic mass is 9.81. The maximum atomic E-state index is 13.9. The first-order valence-corrected chi connectivity index (χ1v) is 18.1. The van der Waals surface area contributed by atoms with E-state index >= 15 is 0 Å². The highest BCUT2D eigenvalue weighted by molar-refractivity contribution is 6.43. The predicted molar refractivity (Wildman–Crippen MR) is 217 cm³/mol. The lowest BCUT2D eigenvalue weighted by molar-refractivity contribution is 0.0373. The highest BCUT2D eigenvalue weighted by atomic mass is 16.6. The minimum absolute atomic E-state index is 0.254. The molecule has 0 saturated carbocycles. The number of hydrogen-bond donors (Lipinski definition) is 0. The van der Waals surface area contributed by atoms with Gasteiger partial charge >= 0.3 is 23.9 Å². The van der Waals surface area contributed by atoms with Gasteiger partial charge in [0.15, 0.2) is 0 Å². The van der Waals surface area contributed by atoms with Crippen molar-refractivity contribution in [3.05, 3.63) is 180 Å². The van der Waals surface area contributed by atoms with E-state index in [0.717, 1.165) is 44.3 Å². The predicted octanol–water partition coefficient (Wildman–Crippen LogP) is 11.3. The number of cyclic esters (lactones) is 4. The summed E-state index contributed by atoms with van der Waals surface area (Å²) in [6.45, 7) is 0. The minimum Gasteiger partial charge on any atom is -0.386 e. The highest BCUT2D eigenvalue weighted by Crippen LogP contribution is 2.54. The van der Waals surface area contributed by atoms with Gasteiger partial charge in [0.1, 0.15) is 0 Å². The zero-order valence-corrected chi connectivity index (χ0v) is 29.4. The van der Waals surface area contributed by atoms with Crippen molar-refractivity contribution in [2.24, 2.45) is 0 Å². The van der Waals surface area contributed by atoms with Crippen LogP contribution >= 0.6 is 0 Å². The fourth-order valence-electron chi connectivity index (χ4n) is 8.63. The molecule has 0 aromatic heterocycles. The number of carbonyl (C=O) groups is 4. The second kappa shape index (κ2) is 11.8. The molecule has 0 fully saturated rings. The summed E-state index contributed by atoms with van der Waals surface area (Å²) in [5.41, 5.74) is 5.65. The second-order valence-electron chi connectivity index (χ2n) is 13.8. The number of fused-ring (bicyclic) bond motifs is 2. The van der Waals surface area contributed by atoms with E-state index in [9.17, 15) is 19.2 Å². The van der Waals surface area contributed by atoms with Crippen LogP contribution in [0.4, 0.5) is 34.1 Å². The average molecular weight is 727 g/mol. The van der Waals surface area contributed by atoms with Gasteiger partial charge in [-0.3, -0.25) is 0 Å². The molecular formula is C48H26N2O6. The van der Waals surface area contributed by atoms with Crippen molar-refractivity contribution in [1.82, 2.24) is 0 Å². The summed E-state index contributed by atoms with van der Waals surface area (Å²) in [5.74, 6) is -2.94. The molecule has 2 heterocycles. The Morgan fingerprint density at radius 1 is 0.304 bits per heavy atom. The van der Waals surface area contributed by atoms with Crippen LogP contribution in [0.25, 0.3) is 43.1 Å². The topological polar surface area (TPSA) is 93.2 Å². The molecule has 8 heteroatoms. The first-order chi connectivity index (χ1) is 27.5. The van der Waals surface area contributed by atoms with Gasteiger partial charge in [-0.05, 0) is 83.6 Å². The molecule has 0 aliphatic carbocycles. The van der Waals surface area contributed by atoms with E-state index < -0.39 is 23.9 Å². The molecule has 0 bridgehead atoms. The third-order valence-electron chi connectivity index (χ3n) is 10.9. The number of carbonyl (C=O) groups excluding carboxylic acids is 4. The molecule has 11 rings (SSSR count). The van der Waals surface area contributed by atoms with E-state index in [1.807, 2.05) is 133 Å². The first kappa shape index (κ1) is 31.7. The summed E-state index contributed by atoms with van der Waals surface area (Å²) in [7, 11) is 0. The van der Waals surface area contributed by atoms with Crippen LogP contribution in [-0.4, -0.2) is 23.9 Å². The van der Waals surface area contributed by atoms with Crippen molar-refractivity contribution in [2.45, 2.75) is 0 Å². The molecule has 264 valence electrons.